The van der Waals surface area contributed by atoms with Crippen molar-refractivity contribution in [1.82, 2.24) is 15.1 Å². The average Bonchev–Trinajstić information content (AvgIpc) is 3.72. The van der Waals surface area contributed by atoms with E-state index in [1.165, 1.54) is 55.4 Å². The average molecular weight is 872 g/mol. The Morgan fingerprint density at radius 1 is 0.841 bits per heavy atom. The van der Waals surface area contributed by atoms with Gasteiger partial charge in [0.05, 0.1) is 39.5 Å². The molecule has 0 aromatic heterocycles. The lowest BCUT2D eigenvalue weighted by atomic mass is 9.83. The van der Waals surface area contributed by atoms with Crippen LogP contribution >= 0.6 is 0 Å². The molecule has 15 nitrogen and oxygen atoms in total. The fourth-order valence-corrected chi connectivity index (χ4v) is 7.87. The van der Waals surface area contributed by atoms with E-state index in [0.717, 1.165) is 35.0 Å². The molecule has 1 spiro atoms. The minimum absolute atomic E-state index is 0.0223. The van der Waals surface area contributed by atoms with Gasteiger partial charge in [-0.05, 0) is 85.2 Å². The number of aryl methyl sites for hydroxylation is 2. The predicted molar refractivity (Wildman–Crippen MR) is 231 cm³/mol. The van der Waals surface area contributed by atoms with Gasteiger partial charge < -0.3 is 39.8 Å². The van der Waals surface area contributed by atoms with Gasteiger partial charge in [0.15, 0.2) is 0 Å². The Morgan fingerprint density at radius 3 is 2.19 bits per heavy atom. The van der Waals surface area contributed by atoms with Gasteiger partial charge in [0.1, 0.15) is 12.4 Å². The van der Waals surface area contributed by atoms with Crippen molar-refractivity contribution in [3.63, 3.8) is 0 Å². The van der Waals surface area contributed by atoms with Crippen LogP contribution in [0.2, 0.25) is 0 Å². The van der Waals surface area contributed by atoms with Crippen LogP contribution in [-0.4, -0.2) is 104 Å². The Balaban J connectivity index is 0.923. The topological polar surface area (TPSA) is 182 Å². The molecule has 1 saturated heterocycles. The number of carbonyl (C=O) groups excluding carboxylic acids is 6. The highest BCUT2D eigenvalue weighted by molar-refractivity contribution is 6.06. The third-order valence-electron chi connectivity index (χ3n) is 11.7. The zero-order valence-corrected chi connectivity index (χ0v) is 36.1. The summed E-state index contributed by atoms with van der Waals surface area (Å²) in [6.07, 6.45) is 5.56. The molecule has 0 unspecified atom stereocenters. The minimum atomic E-state index is -1.58. The van der Waals surface area contributed by atoms with Crippen molar-refractivity contribution >= 4 is 47.0 Å². The van der Waals surface area contributed by atoms with E-state index >= 15 is 0 Å². The van der Waals surface area contributed by atoms with E-state index in [2.05, 4.69) is 16.0 Å². The van der Waals surface area contributed by atoms with Crippen molar-refractivity contribution in [2.75, 3.05) is 63.4 Å². The number of hydrogen-bond acceptors (Lipinski definition) is 10. The van der Waals surface area contributed by atoms with Gasteiger partial charge in [-0.15, -0.1) is 0 Å². The Morgan fingerprint density at radius 2 is 1.51 bits per heavy atom. The molecular formula is C47H58FN5O10. The Hall–Kier alpha value is -5.71. The zero-order valence-electron chi connectivity index (χ0n) is 36.1. The van der Waals surface area contributed by atoms with E-state index in [4.69, 9.17) is 18.9 Å². The van der Waals surface area contributed by atoms with E-state index in [1.807, 2.05) is 12.1 Å². The van der Waals surface area contributed by atoms with Crippen LogP contribution in [0.3, 0.4) is 0 Å². The molecule has 63 heavy (non-hydrogen) atoms. The van der Waals surface area contributed by atoms with Gasteiger partial charge in [-0.25, -0.2) is 14.1 Å². The molecule has 6 rings (SSSR count). The standard InChI is InChI=1S/C47H58FN5O10/c1-32(29-49-42(55)17-10-35-8-13-39(14-9-35)51-43(56)20-23-61-25-27-62-26-24-60-22-19-34-4-3-5-34)52(30-36-6-11-38(48)12-7-36)44(57)31-53-45(58)47(63-46(53)59)21-18-37-28-40(50-33(2)54)15-16-41(37)47/h6-9,11-16,28,32,34H,3-5,10,17-27,29-31H2,1-2H3,(H,49,55)(H,50,54)(H,51,56)/t32-,47+/m0/s1. The highest BCUT2D eigenvalue weighted by Crippen LogP contribution is 2.46. The summed E-state index contributed by atoms with van der Waals surface area (Å²) in [5.74, 6) is -1.52. The number of hydrogen-bond donors (Lipinski definition) is 3. The largest absolute Gasteiger partial charge is 0.427 e. The summed E-state index contributed by atoms with van der Waals surface area (Å²) >= 11 is 0. The minimum Gasteiger partial charge on any atom is -0.427 e. The molecule has 2 aliphatic carbocycles. The first-order valence-electron chi connectivity index (χ1n) is 21.8. The lowest BCUT2D eigenvalue weighted by Gasteiger charge is -2.31. The third-order valence-corrected chi connectivity index (χ3v) is 11.7. The molecule has 3 aliphatic rings. The molecule has 1 aliphatic heterocycles. The first-order chi connectivity index (χ1) is 30.4. The fourth-order valence-electron chi connectivity index (χ4n) is 7.87. The maximum atomic E-state index is 14.0. The zero-order chi connectivity index (χ0) is 44.8. The van der Waals surface area contributed by atoms with Gasteiger partial charge in [0.25, 0.3) is 5.91 Å². The van der Waals surface area contributed by atoms with Crippen LogP contribution in [0.5, 0.6) is 0 Å². The van der Waals surface area contributed by atoms with Crippen LogP contribution < -0.4 is 16.0 Å². The number of ether oxygens (including phenoxy) is 4. The van der Waals surface area contributed by atoms with Crippen LogP contribution in [-0.2, 0) is 67.9 Å². The number of benzene rings is 3. The summed E-state index contributed by atoms with van der Waals surface area (Å²) in [5, 5.41) is 8.44. The number of nitrogens with one attached hydrogen (secondary N) is 3. The van der Waals surface area contributed by atoms with Crippen molar-refractivity contribution in [3.05, 3.63) is 94.8 Å². The molecule has 338 valence electrons. The Kier molecular flexibility index (Phi) is 16.8. The van der Waals surface area contributed by atoms with Crippen molar-refractivity contribution in [1.29, 1.82) is 0 Å². The predicted octanol–water partition coefficient (Wildman–Crippen LogP) is 5.64. The van der Waals surface area contributed by atoms with Gasteiger partial charge in [-0.1, -0.05) is 49.6 Å². The van der Waals surface area contributed by atoms with Crippen molar-refractivity contribution in [3.8, 4) is 0 Å². The highest BCUT2D eigenvalue weighted by atomic mass is 19.1. The van der Waals surface area contributed by atoms with Gasteiger partial charge in [-0.3, -0.25) is 24.0 Å². The van der Waals surface area contributed by atoms with Gasteiger partial charge in [-0.2, -0.15) is 0 Å². The number of anilines is 2. The summed E-state index contributed by atoms with van der Waals surface area (Å²) in [6.45, 7) is 5.58. The van der Waals surface area contributed by atoms with Crippen molar-refractivity contribution in [2.24, 2.45) is 5.92 Å². The molecule has 3 aromatic carbocycles. The number of nitrogens with zero attached hydrogens (tertiary/aromatic N) is 2. The summed E-state index contributed by atoms with van der Waals surface area (Å²) in [6, 6.07) is 17.3. The first kappa shape index (κ1) is 46.8. The molecule has 3 N–H and O–H groups in total. The van der Waals surface area contributed by atoms with Gasteiger partial charge in [0, 0.05) is 62.4 Å². The number of amides is 6. The van der Waals surface area contributed by atoms with E-state index in [-0.39, 0.29) is 56.7 Å². The molecule has 6 amide bonds. The molecule has 1 heterocycles. The molecule has 0 bridgehead atoms. The lowest BCUT2D eigenvalue weighted by molar-refractivity contribution is -0.143. The summed E-state index contributed by atoms with van der Waals surface area (Å²) in [5.41, 5.74) is 2.35. The van der Waals surface area contributed by atoms with Gasteiger partial charge in [0.2, 0.25) is 29.2 Å². The lowest BCUT2D eigenvalue weighted by Crippen LogP contribution is -2.50. The second kappa shape index (κ2) is 22.6. The maximum Gasteiger partial charge on any atom is 0.418 e. The van der Waals surface area contributed by atoms with Crippen LogP contribution in [0.4, 0.5) is 20.6 Å². The number of fused-ring (bicyclic) bond motifs is 2. The smallest absolute Gasteiger partial charge is 0.418 e. The third kappa shape index (κ3) is 13.2. The summed E-state index contributed by atoms with van der Waals surface area (Å²) < 4.78 is 36.1. The highest BCUT2D eigenvalue weighted by Gasteiger charge is 2.58. The van der Waals surface area contributed by atoms with E-state index in [9.17, 15) is 33.2 Å². The molecular weight excluding hydrogens is 814 g/mol. The Labute approximate surface area is 367 Å². The van der Waals surface area contributed by atoms with Crippen molar-refractivity contribution < 1.29 is 52.1 Å². The van der Waals surface area contributed by atoms with E-state index in [1.54, 1.807) is 37.3 Å². The number of imide groups is 1. The van der Waals surface area contributed by atoms with Crippen molar-refractivity contribution in [2.45, 2.75) is 89.8 Å². The normalized spacial score (nSPS) is 17.2. The SMILES string of the molecule is CC(=O)Nc1ccc2c(c1)CC[C@@]21OC(=O)N(CC(=O)N(Cc2ccc(F)cc2)[C@@H](C)CNC(=O)CCc2ccc(NC(=O)CCOCCOCCOCCC3CCC3)cc2)C1=O. The molecule has 2 atom stereocenters. The fraction of sp³-hybridized carbons (Fsp3) is 0.489. The van der Waals surface area contributed by atoms with E-state index in [0.29, 0.717) is 61.8 Å². The van der Waals surface area contributed by atoms with Crippen LogP contribution in [0.15, 0.2) is 66.7 Å². The summed E-state index contributed by atoms with van der Waals surface area (Å²) in [4.78, 5) is 80.3. The second-order valence-electron chi connectivity index (χ2n) is 16.4. The molecule has 2 fully saturated rings. The second-order valence-corrected chi connectivity index (χ2v) is 16.4. The van der Waals surface area contributed by atoms with Crippen LogP contribution in [0.1, 0.15) is 81.0 Å². The van der Waals surface area contributed by atoms with Crippen LogP contribution in [0, 0.1) is 11.7 Å². The monoisotopic (exact) mass is 871 g/mol. The Bertz CT molecular complexity index is 2080. The molecule has 3 aromatic rings. The number of rotatable bonds is 24. The first-order valence-corrected chi connectivity index (χ1v) is 21.8. The molecule has 0 radical (unpaired) electrons. The molecule has 16 heteroatoms. The number of halogens is 1. The van der Waals surface area contributed by atoms with Gasteiger partial charge >= 0.3 is 6.09 Å². The summed E-state index contributed by atoms with van der Waals surface area (Å²) in [7, 11) is 0. The number of carbonyl (C=O) groups is 6. The molecule has 1 saturated carbocycles. The maximum absolute atomic E-state index is 14.0. The van der Waals surface area contributed by atoms with Crippen LogP contribution in [0.25, 0.3) is 0 Å². The van der Waals surface area contributed by atoms with E-state index < -0.39 is 41.9 Å². The quantitative estimate of drug-likeness (QED) is 0.0954.